The lowest BCUT2D eigenvalue weighted by molar-refractivity contribution is -0.143. The Labute approximate surface area is 113 Å². The minimum atomic E-state index is -0.602. The van der Waals surface area contributed by atoms with Crippen LogP contribution >= 0.6 is 0 Å². The van der Waals surface area contributed by atoms with Gasteiger partial charge in [-0.25, -0.2) is 0 Å². The van der Waals surface area contributed by atoms with Crippen molar-refractivity contribution in [1.29, 1.82) is 0 Å². The summed E-state index contributed by atoms with van der Waals surface area (Å²) in [5, 5.41) is 12.4. The van der Waals surface area contributed by atoms with Gasteiger partial charge in [0.1, 0.15) is 0 Å². The summed E-state index contributed by atoms with van der Waals surface area (Å²) < 4.78 is 5.67. The van der Waals surface area contributed by atoms with Gasteiger partial charge in [0.25, 0.3) is 0 Å². The Kier molecular flexibility index (Phi) is 4.56. The molecule has 4 nitrogen and oxygen atoms in total. The first-order valence-electron chi connectivity index (χ1n) is 6.69. The van der Waals surface area contributed by atoms with E-state index in [9.17, 15) is 9.90 Å². The molecule has 1 heterocycles. The van der Waals surface area contributed by atoms with Crippen molar-refractivity contribution in [1.82, 2.24) is 5.32 Å². The maximum atomic E-state index is 11.4. The quantitative estimate of drug-likeness (QED) is 0.761. The average Bonchev–Trinajstić information content (AvgIpc) is 2.36. The lowest BCUT2D eigenvalue weighted by Gasteiger charge is -2.42. The van der Waals surface area contributed by atoms with Gasteiger partial charge in [-0.1, -0.05) is 37.3 Å². The Morgan fingerprint density at radius 3 is 2.58 bits per heavy atom. The number of nitrogens with one attached hydrogen (secondary N) is 1. The molecular weight excluding hydrogens is 242 g/mol. The number of aliphatic hydroxyl groups excluding tert-OH is 1. The number of benzene rings is 1. The molecule has 1 aromatic carbocycles. The lowest BCUT2D eigenvalue weighted by Crippen LogP contribution is -2.64. The molecular formula is C15H21NO3. The van der Waals surface area contributed by atoms with Crippen LogP contribution in [0.15, 0.2) is 30.3 Å². The van der Waals surface area contributed by atoms with E-state index in [2.05, 4.69) is 5.32 Å². The zero-order valence-corrected chi connectivity index (χ0v) is 11.4. The van der Waals surface area contributed by atoms with Crippen molar-refractivity contribution in [2.45, 2.75) is 32.6 Å². The molecule has 0 aromatic heterocycles. The minimum Gasteiger partial charge on any atom is -0.393 e. The second kappa shape index (κ2) is 6.17. The van der Waals surface area contributed by atoms with Gasteiger partial charge >= 0.3 is 0 Å². The fourth-order valence-corrected chi connectivity index (χ4v) is 2.47. The summed E-state index contributed by atoms with van der Waals surface area (Å²) in [6.07, 6.45) is -0.602. The Morgan fingerprint density at radius 1 is 1.32 bits per heavy atom. The fourth-order valence-electron chi connectivity index (χ4n) is 2.47. The summed E-state index contributed by atoms with van der Waals surface area (Å²) in [4.78, 5) is 11.4. The molecule has 1 unspecified atom stereocenters. The van der Waals surface area contributed by atoms with Crippen LogP contribution in [0.1, 0.15) is 19.4 Å². The molecule has 2 N–H and O–H groups in total. The molecule has 19 heavy (non-hydrogen) atoms. The maximum absolute atomic E-state index is 11.4. The van der Waals surface area contributed by atoms with Crippen molar-refractivity contribution in [2.75, 3.05) is 6.61 Å². The molecule has 0 aliphatic carbocycles. The first kappa shape index (κ1) is 14.0. The molecule has 1 fully saturated rings. The molecule has 2 rings (SSSR count). The van der Waals surface area contributed by atoms with E-state index >= 15 is 0 Å². The summed E-state index contributed by atoms with van der Waals surface area (Å²) in [5.41, 5.74) is 1.14. The van der Waals surface area contributed by atoms with E-state index in [1.165, 1.54) is 0 Å². The van der Waals surface area contributed by atoms with Gasteiger partial charge in [-0.3, -0.25) is 4.79 Å². The highest BCUT2D eigenvalue weighted by Crippen LogP contribution is 2.25. The summed E-state index contributed by atoms with van der Waals surface area (Å²) in [5.74, 6) is -0.161. The van der Waals surface area contributed by atoms with Crippen molar-refractivity contribution in [2.24, 2.45) is 11.8 Å². The molecule has 4 heteroatoms. The SMILES string of the molecule is CC(O)[C@H]1C(=O)N[C@@H]1[C@@H](C)COCc1ccccc1. The number of carbonyl (C=O) groups is 1. The van der Waals surface area contributed by atoms with Crippen molar-refractivity contribution in [3.63, 3.8) is 0 Å². The number of carbonyl (C=O) groups excluding carboxylic acids is 1. The standard InChI is InChI=1S/C15H21NO3/c1-10(14-13(11(2)17)15(18)16-14)8-19-9-12-6-4-3-5-7-12/h3-7,10-11,13-14,17H,8-9H2,1-2H3,(H,16,18)/t10-,11?,13+,14+/m0/s1. The van der Waals surface area contributed by atoms with Gasteiger partial charge in [-0.05, 0) is 12.5 Å². The van der Waals surface area contributed by atoms with Gasteiger partial charge in [0, 0.05) is 12.0 Å². The van der Waals surface area contributed by atoms with Gasteiger partial charge in [0.05, 0.1) is 25.2 Å². The van der Waals surface area contributed by atoms with Crippen molar-refractivity contribution in [3.8, 4) is 0 Å². The van der Waals surface area contributed by atoms with Gasteiger partial charge < -0.3 is 15.2 Å². The largest absolute Gasteiger partial charge is 0.393 e. The Hall–Kier alpha value is -1.39. The van der Waals surface area contributed by atoms with Gasteiger partial charge in [0.2, 0.25) is 5.91 Å². The molecule has 0 saturated carbocycles. The molecule has 1 amide bonds. The minimum absolute atomic E-state index is 0.0169. The first-order chi connectivity index (χ1) is 9.09. The normalized spacial score (nSPS) is 25.3. The lowest BCUT2D eigenvalue weighted by atomic mass is 9.79. The third-order valence-electron chi connectivity index (χ3n) is 3.62. The zero-order chi connectivity index (χ0) is 13.8. The van der Waals surface area contributed by atoms with Crippen molar-refractivity contribution >= 4 is 5.91 Å². The Balaban J connectivity index is 1.76. The summed E-state index contributed by atoms with van der Waals surface area (Å²) in [6, 6.07) is 10.0. The third kappa shape index (κ3) is 3.33. The van der Waals surface area contributed by atoms with Crippen LogP contribution in [-0.2, 0) is 16.1 Å². The van der Waals surface area contributed by atoms with Crippen LogP contribution in [0.25, 0.3) is 0 Å². The van der Waals surface area contributed by atoms with Gasteiger partial charge in [0.15, 0.2) is 0 Å². The van der Waals surface area contributed by atoms with Gasteiger partial charge in [-0.2, -0.15) is 0 Å². The van der Waals surface area contributed by atoms with Crippen LogP contribution in [0, 0.1) is 11.8 Å². The third-order valence-corrected chi connectivity index (χ3v) is 3.62. The van der Waals surface area contributed by atoms with Crippen LogP contribution in [0.2, 0.25) is 0 Å². The highest BCUT2D eigenvalue weighted by atomic mass is 16.5. The van der Waals surface area contributed by atoms with E-state index in [0.717, 1.165) is 5.56 Å². The molecule has 4 atom stereocenters. The van der Waals surface area contributed by atoms with E-state index in [4.69, 9.17) is 4.74 Å². The fraction of sp³-hybridized carbons (Fsp3) is 0.533. The highest BCUT2D eigenvalue weighted by molar-refractivity contribution is 5.86. The van der Waals surface area contributed by atoms with Crippen molar-refractivity contribution in [3.05, 3.63) is 35.9 Å². The van der Waals surface area contributed by atoms with Crippen LogP contribution in [0.3, 0.4) is 0 Å². The second-order valence-electron chi connectivity index (χ2n) is 5.28. The molecule has 1 aromatic rings. The number of β-lactam (4-membered cyclic amide) rings is 1. The average molecular weight is 263 g/mol. The van der Waals surface area contributed by atoms with Crippen LogP contribution in [0.4, 0.5) is 0 Å². The number of aliphatic hydroxyl groups is 1. The zero-order valence-electron chi connectivity index (χ0n) is 11.4. The number of amides is 1. The Morgan fingerprint density at radius 2 is 2.00 bits per heavy atom. The van der Waals surface area contributed by atoms with E-state index in [-0.39, 0.29) is 23.8 Å². The number of hydrogen-bond acceptors (Lipinski definition) is 3. The van der Waals surface area contributed by atoms with Gasteiger partial charge in [-0.15, -0.1) is 0 Å². The summed E-state index contributed by atoms with van der Waals surface area (Å²) >= 11 is 0. The van der Waals surface area contributed by atoms with E-state index < -0.39 is 6.10 Å². The van der Waals surface area contributed by atoms with E-state index in [1.54, 1.807) is 6.92 Å². The van der Waals surface area contributed by atoms with E-state index in [1.807, 2.05) is 37.3 Å². The number of ether oxygens (including phenoxy) is 1. The Bertz CT molecular complexity index is 419. The predicted octanol–water partition coefficient (Wildman–Crippen LogP) is 1.33. The molecule has 1 saturated heterocycles. The molecule has 1 aliphatic rings. The molecule has 104 valence electrons. The van der Waals surface area contributed by atoms with Crippen LogP contribution in [0.5, 0.6) is 0 Å². The maximum Gasteiger partial charge on any atom is 0.228 e. The predicted molar refractivity (Wildman–Crippen MR) is 72.4 cm³/mol. The molecule has 0 bridgehead atoms. The topological polar surface area (TPSA) is 58.6 Å². The smallest absolute Gasteiger partial charge is 0.228 e. The van der Waals surface area contributed by atoms with E-state index in [0.29, 0.717) is 13.2 Å². The number of hydrogen-bond donors (Lipinski definition) is 2. The van der Waals surface area contributed by atoms with Crippen LogP contribution in [-0.4, -0.2) is 29.8 Å². The van der Waals surface area contributed by atoms with Crippen molar-refractivity contribution < 1.29 is 14.6 Å². The second-order valence-corrected chi connectivity index (χ2v) is 5.28. The molecule has 1 aliphatic heterocycles. The monoisotopic (exact) mass is 263 g/mol. The summed E-state index contributed by atoms with van der Waals surface area (Å²) in [7, 11) is 0. The highest BCUT2D eigenvalue weighted by Gasteiger charge is 2.44. The summed E-state index contributed by atoms with van der Waals surface area (Å²) in [6.45, 7) is 4.84. The number of rotatable bonds is 6. The molecule has 0 radical (unpaired) electrons. The van der Waals surface area contributed by atoms with Crippen LogP contribution < -0.4 is 5.32 Å². The first-order valence-corrected chi connectivity index (χ1v) is 6.69. The molecule has 0 spiro atoms.